The highest BCUT2D eigenvalue weighted by molar-refractivity contribution is 7.89. The first-order valence-corrected chi connectivity index (χ1v) is 12.8. The number of rotatable bonds is 9. The summed E-state index contributed by atoms with van der Waals surface area (Å²) in [5.74, 6) is -1.93. The van der Waals surface area contributed by atoms with Gasteiger partial charge in [0.2, 0.25) is 0 Å². The molecule has 1 aromatic rings. The molecule has 0 aliphatic carbocycles. The molecule has 10 nitrogen and oxygen atoms in total. The van der Waals surface area contributed by atoms with Crippen molar-refractivity contribution in [2.75, 3.05) is 13.1 Å². The second-order valence-corrected chi connectivity index (χ2v) is 11.1. The Morgan fingerprint density at radius 1 is 1.18 bits per heavy atom. The van der Waals surface area contributed by atoms with Crippen LogP contribution in [0, 0.1) is 6.92 Å². The summed E-state index contributed by atoms with van der Waals surface area (Å²) >= 11 is 0. The van der Waals surface area contributed by atoms with Gasteiger partial charge in [0.1, 0.15) is 17.7 Å². The van der Waals surface area contributed by atoms with Crippen LogP contribution in [-0.4, -0.2) is 61.5 Å². The van der Waals surface area contributed by atoms with E-state index in [1.807, 2.05) is 0 Å². The highest BCUT2D eigenvalue weighted by Crippen LogP contribution is 2.25. The molecule has 190 valence electrons. The molecule has 0 radical (unpaired) electrons. The topological polar surface area (TPSA) is 145 Å². The molecule has 0 saturated carbocycles. The second kappa shape index (κ2) is 11.8. The molecule has 34 heavy (non-hydrogen) atoms. The average Bonchev–Trinajstić information content (AvgIpc) is 3.27. The summed E-state index contributed by atoms with van der Waals surface area (Å²) in [5.41, 5.74) is 5.34. The maximum atomic E-state index is 13.6. The molecule has 1 saturated heterocycles. The molecule has 1 aliphatic rings. The quantitative estimate of drug-likeness (QED) is 0.298. The van der Waals surface area contributed by atoms with Crippen LogP contribution in [-0.2, 0) is 29.1 Å². The first kappa shape index (κ1) is 27.7. The summed E-state index contributed by atoms with van der Waals surface area (Å²) < 4.78 is 38.0. The third-order valence-corrected chi connectivity index (χ3v) is 6.97. The molecule has 2 rings (SSSR count). The standard InChI is InChI=1S/C23H35N3O7S/c1-16-10-12-17(13-11-16)34(30,31)26(22(29)33-23(2,3)4)19(9-5-6-14-24)21(28)32-20(27)18-8-7-15-25-18/h10-13,18-19,25H,5-9,14-15,24H2,1-4H3/t18-,19+/m0/s1. The summed E-state index contributed by atoms with van der Waals surface area (Å²) in [7, 11) is -4.53. The molecule has 2 atom stereocenters. The second-order valence-electron chi connectivity index (χ2n) is 9.28. The molecule has 1 aliphatic heterocycles. The maximum absolute atomic E-state index is 13.6. The fourth-order valence-electron chi connectivity index (χ4n) is 3.46. The number of ether oxygens (including phenoxy) is 2. The van der Waals surface area contributed by atoms with E-state index in [1.54, 1.807) is 39.8 Å². The number of amides is 1. The normalized spacial score (nSPS) is 17.1. The van der Waals surface area contributed by atoms with Gasteiger partial charge in [0, 0.05) is 0 Å². The number of nitrogens with one attached hydrogen (secondary N) is 1. The van der Waals surface area contributed by atoms with Crippen molar-refractivity contribution in [3.63, 3.8) is 0 Å². The van der Waals surface area contributed by atoms with Gasteiger partial charge >= 0.3 is 18.0 Å². The molecule has 0 bridgehead atoms. The molecule has 0 unspecified atom stereocenters. The van der Waals surface area contributed by atoms with Crippen LogP contribution in [0.3, 0.4) is 0 Å². The number of hydrogen-bond acceptors (Lipinski definition) is 9. The lowest BCUT2D eigenvalue weighted by atomic mass is 10.1. The number of esters is 2. The van der Waals surface area contributed by atoms with Gasteiger partial charge in [-0.1, -0.05) is 17.7 Å². The summed E-state index contributed by atoms with van der Waals surface area (Å²) in [4.78, 5) is 38.6. The van der Waals surface area contributed by atoms with Gasteiger partial charge < -0.3 is 20.5 Å². The fraction of sp³-hybridized carbons (Fsp3) is 0.609. The Labute approximate surface area is 201 Å². The van der Waals surface area contributed by atoms with Crippen LogP contribution in [0.2, 0.25) is 0 Å². The maximum Gasteiger partial charge on any atom is 0.425 e. The van der Waals surface area contributed by atoms with E-state index < -0.39 is 45.7 Å². The van der Waals surface area contributed by atoms with Gasteiger partial charge in [-0.3, -0.25) is 0 Å². The van der Waals surface area contributed by atoms with Gasteiger partial charge in [-0.15, -0.1) is 0 Å². The number of hydrogen-bond donors (Lipinski definition) is 2. The lowest BCUT2D eigenvalue weighted by Gasteiger charge is -2.31. The SMILES string of the molecule is Cc1ccc(S(=O)(=O)N(C(=O)OC(C)(C)C)[C@H](CCCCN)C(=O)OC(=O)[C@@H]2CCCN2)cc1. The monoisotopic (exact) mass is 497 g/mol. The van der Waals surface area contributed by atoms with Crippen LogP contribution in [0.25, 0.3) is 0 Å². The van der Waals surface area contributed by atoms with Gasteiger partial charge in [-0.2, -0.15) is 4.31 Å². The molecule has 11 heteroatoms. The van der Waals surface area contributed by atoms with Crippen molar-refractivity contribution >= 4 is 28.1 Å². The minimum atomic E-state index is -4.53. The smallest absolute Gasteiger partial charge is 0.425 e. The average molecular weight is 498 g/mol. The molecule has 1 aromatic carbocycles. The molecule has 0 aromatic heterocycles. The fourth-order valence-corrected chi connectivity index (χ4v) is 4.93. The van der Waals surface area contributed by atoms with E-state index in [0.717, 1.165) is 12.0 Å². The van der Waals surface area contributed by atoms with Gasteiger partial charge in [0.25, 0.3) is 10.0 Å². The summed E-state index contributed by atoms with van der Waals surface area (Å²) in [6, 6.07) is 3.60. The Morgan fingerprint density at radius 2 is 1.82 bits per heavy atom. The lowest BCUT2D eigenvalue weighted by Crippen LogP contribution is -2.51. The highest BCUT2D eigenvalue weighted by Gasteiger charge is 2.43. The van der Waals surface area contributed by atoms with Crippen LogP contribution in [0.15, 0.2) is 29.2 Å². The first-order chi connectivity index (χ1) is 15.9. The van der Waals surface area contributed by atoms with Crippen molar-refractivity contribution in [3.05, 3.63) is 29.8 Å². The zero-order valence-electron chi connectivity index (χ0n) is 20.2. The van der Waals surface area contributed by atoms with Crippen LogP contribution in [0.5, 0.6) is 0 Å². The number of nitrogens with two attached hydrogens (primary N) is 1. The van der Waals surface area contributed by atoms with Gasteiger partial charge in [-0.25, -0.2) is 22.8 Å². The Hall–Kier alpha value is -2.50. The van der Waals surface area contributed by atoms with Crippen LogP contribution in [0.1, 0.15) is 58.4 Å². The van der Waals surface area contributed by atoms with Crippen LogP contribution in [0.4, 0.5) is 4.79 Å². The van der Waals surface area contributed by atoms with Crippen molar-refractivity contribution < 1.29 is 32.3 Å². The number of unbranched alkanes of at least 4 members (excludes halogenated alkanes) is 1. The Morgan fingerprint density at radius 3 is 2.35 bits per heavy atom. The first-order valence-electron chi connectivity index (χ1n) is 11.4. The van der Waals surface area contributed by atoms with E-state index in [1.165, 1.54) is 12.1 Å². The van der Waals surface area contributed by atoms with Crippen LogP contribution < -0.4 is 11.1 Å². The number of carbonyl (C=O) groups excluding carboxylic acids is 3. The van der Waals surface area contributed by atoms with Crippen molar-refractivity contribution in [1.29, 1.82) is 0 Å². The van der Waals surface area contributed by atoms with Crippen molar-refractivity contribution in [1.82, 2.24) is 9.62 Å². The minimum absolute atomic E-state index is 0.0776. The van der Waals surface area contributed by atoms with Crippen molar-refractivity contribution in [3.8, 4) is 0 Å². The Balaban J connectivity index is 2.47. The Bertz CT molecular complexity index is 965. The summed E-state index contributed by atoms with van der Waals surface area (Å²) in [5, 5.41) is 2.93. The van der Waals surface area contributed by atoms with Gasteiger partial charge in [-0.05, 0) is 85.0 Å². The molecular weight excluding hydrogens is 462 g/mol. The van der Waals surface area contributed by atoms with E-state index in [4.69, 9.17) is 15.2 Å². The largest absolute Gasteiger partial charge is 0.443 e. The van der Waals surface area contributed by atoms with Gasteiger partial charge in [0.05, 0.1) is 4.90 Å². The number of aryl methyl sites for hydroxylation is 1. The molecule has 0 spiro atoms. The summed E-state index contributed by atoms with van der Waals surface area (Å²) in [6.07, 6.45) is 0.755. The molecular formula is C23H35N3O7S. The van der Waals surface area contributed by atoms with E-state index in [2.05, 4.69) is 5.32 Å². The Kier molecular flexibility index (Phi) is 9.60. The summed E-state index contributed by atoms with van der Waals surface area (Å²) in [6.45, 7) is 7.46. The van der Waals surface area contributed by atoms with E-state index in [-0.39, 0.29) is 11.3 Å². The zero-order chi connectivity index (χ0) is 25.5. The minimum Gasteiger partial charge on any atom is -0.443 e. The molecule has 1 fully saturated rings. The molecule has 1 heterocycles. The number of benzene rings is 1. The van der Waals surface area contributed by atoms with Crippen molar-refractivity contribution in [2.24, 2.45) is 5.73 Å². The van der Waals surface area contributed by atoms with Gasteiger partial charge in [0.15, 0.2) is 0 Å². The van der Waals surface area contributed by atoms with E-state index in [9.17, 15) is 22.8 Å². The number of carbonyl (C=O) groups is 3. The molecule has 3 N–H and O–H groups in total. The van der Waals surface area contributed by atoms with E-state index >= 15 is 0 Å². The highest BCUT2D eigenvalue weighted by atomic mass is 32.2. The number of nitrogens with zero attached hydrogens (tertiary/aromatic N) is 1. The third kappa shape index (κ3) is 7.51. The molecule has 1 amide bonds. The van der Waals surface area contributed by atoms with E-state index in [0.29, 0.717) is 36.7 Å². The number of sulfonamides is 1. The third-order valence-electron chi connectivity index (χ3n) is 5.18. The lowest BCUT2D eigenvalue weighted by molar-refractivity contribution is -0.163. The van der Waals surface area contributed by atoms with Crippen molar-refractivity contribution in [2.45, 2.75) is 82.4 Å². The zero-order valence-corrected chi connectivity index (χ0v) is 21.0. The van der Waals surface area contributed by atoms with Crippen LogP contribution >= 0.6 is 0 Å². The predicted octanol–water partition coefficient (Wildman–Crippen LogP) is 2.24. The predicted molar refractivity (Wildman–Crippen MR) is 125 cm³/mol.